The highest BCUT2D eigenvalue weighted by molar-refractivity contribution is 5.84. The fourth-order valence-corrected chi connectivity index (χ4v) is 2.03. The van der Waals surface area contributed by atoms with Crippen LogP contribution < -0.4 is 5.32 Å². The fraction of sp³-hybridized carbons (Fsp3) is 0.562. The Morgan fingerprint density at radius 3 is 2.21 bits per heavy atom. The summed E-state index contributed by atoms with van der Waals surface area (Å²) >= 11 is 0. The van der Waals surface area contributed by atoms with Gasteiger partial charge in [-0.2, -0.15) is 0 Å². The lowest BCUT2D eigenvalue weighted by molar-refractivity contribution is -0.124. The summed E-state index contributed by atoms with van der Waals surface area (Å²) in [5.74, 6) is 0.00781. The van der Waals surface area contributed by atoms with Crippen molar-refractivity contribution in [1.29, 1.82) is 0 Å². The van der Waals surface area contributed by atoms with E-state index in [9.17, 15) is 9.90 Å². The highest BCUT2D eigenvalue weighted by Crippen LogP contribution is 2.25. The summed E-state index contributed by atoms with van der Waals surface area (Å²) in [5.41, 5.74) is 1.32. The number of carbonyl (C=O) groups is 1. The normalized spacial score (nSPS) is 13.4. The van der Waals surface area contributed by atoms with E-state index in [-0.39, 0.29) is 24.3 Å². The van der Waals surface area contributed by atoms with Gasteiger partial charge in [0.05, 0.1) is 11.5 Å². The number of aliphatic hydroxyl groups is 1. The van der Waals surface area contributed by atoms with E-state index >= 15 is 0 Å². The van der Waals surface area contributed by atoms with Gasteiger partial charge in [-0.25, -0.2) is 0 Å². The molecule has 2 N–H and O–H groups in total. The third-order valence-electron chi connectivity index (χ3n) is 3.08. The monoisotopic (exact) mass is 263 g/mol. The Labute approximate surface area is 116 Å². The number of nitrogens with one attached hydrogen (secondary N) is 1. The molecule has 1 aromatic rings. The zero-order valence-corrected chi connectivity index (χ0v) is 12.5. The second-order valence-corrected chi connectivity index (χ2v) is 6.16. The van der Waals surface area contributed by atoms with E-state index in [4.69, 9.17) is 0 Å². The molecule has 0 fully saturated rings. The van der Waals surface area contributed by atoms with Crippen LogP contribution in [0.25, 0.3) is 0 Å². The zero-order chi connectivity index (χ0) is 14.6. The maximum atomic E-state index is 12.3. The van der Waals surface area contributed by atoms with Gasteiger partial charge in [0.15, 0.2) is 0 Å². The smallest absolute Gasteiger partial charge is 0.227 e. The number of hydrogen-bond acceptors (Lipinski definition) is 2. The Morgan fingerprint density at radius 1 is 1.26 bits per heavy atom. The predicted octanol–water partition coefficient (Wildman–Crippen LogP) is 2.62. The van der Waals surface area contributed by atoms with Crippen LogP contribution in [0.4, 0.5) is 0 Å². The van der Waals surface area contributed by atoms with Gasteiger partial charge in [0.2, 0.25) is 5.91 Å². The van der Waals surface area contributed by atoms with Crippen molar-refractivity contribution >= 4 is 5.91 Å². The van der Waals surface area contributed by atoms with E-state index in [2.05, 4.69) is 5.32 Å². The molecular formula is C16H25NO2. The van der Waals surface area contributed by atoms with E-state index in [1.807, 2.05) is 45.0 Å². The minimum absolute atomic E-state index is 0.0269. The van der Waals surface area contributed by atoms with Crippen molar-refractivity contribution in [3.8, 4) is 0 Å². The van der Waals surface area contributed by atoms with Crippen molar-refractivity contribution in [3.63, 3.8) is 0 Å². The fourth-order valence-electron chi connectivity index (χ4n) is 2.03. The van der Waals surface area contributed by atoms with Crippen molar-refractivity contribution in [1.82, 2.24) is 5.32 Å². The molecule has 0 saturated carbocycles. The Kier molecular flexibility index (Phi) is 5.12. The lowest BCUT2D eigenvalue weighted by atomic mass is 9.87. The van der Waals surface area contributed by atoms with Crippen molar-refractivity contribution < 1.29 is 9.90 Å². The summed E-state index contributed by atoms with van der Waals surface area (Å²) in [6.07, 6.45) is 0. The van der Waals surface area contributed by atoms with Crippen molar-refractivity contribution in [3.05, 3.63) is 35.4 Å². The summed E-state index contributed by atoms with van der Waals surface area (Å²) in [6, 6.07) is 8.05. The first-order valence-corrected chi connectivity index (χ1v) is 6.77. The summed E-state index contributed by atoms with van der Waals surface area (Å²) in [5, 5.41) is 12.5. The van der Waals surface area contributed by atoms with Crippen molar-refractivity contribution in [2.75, 3.05) is 6.54 Å². The minimum Gasteiger partial charge on any atom is -0.389 e. The molecule has 0 saturated heterocycles. The van der Waals surface area contributed by atoms with Gasteiger partial charge < -0.3 is 10.4 Å². The molecule has 1 rings (SSSR count). The van der Waals surface area contributed by atoms with Gasteiger partial charge in [-0.3, -0.25) is 4.79 Å². The second-order valence-electron chi connectivity index (χ2n) is 6.16. The van der Waals surface area contributed by atoms with E-state index in [0.29, 0.717) is 0 Å². The van der Waals surface area contributed by atoms with Crippen LogP contribution in [0, 0.1) is 12.8 Å². The van der Waals surface area contributed by atoms with Crippen molar-refractivity contribution in [2.24, 2.45) is 5.92 Å². The summed E-state index contributed by atoms with van der Waals surface area (Å²) < 4.78 is 0. The Bertz CT molecular complexity index is 415. The highest BCUT2D eigenvalue weighted by atomic mass is 16.3. The Hall–Kier alpha value is -1.35. The van der Waals surface area contributed by atoms with Crippen molar-refractivity contribution in [2.45, 2.75) is 46.1 Å². The van der Waals surface area contributed by atoms with Crippen LogP contribution in [0.1, 0.15) is 44.7 Å². The summed E-state index contributed by atoms with van der Waals surface area (Å²) in [7, 11) is 0. The van der Waals surface area contributed by atoms with Gasteiger partial charge in [-0.1, -0.05) is 43.7 Å². The average Bonchev–Trinajstić information content (AvgIpc) is 2.28. The predicted molar refractivity (Wildman–Crippen MR) is 78.1 cm³/mol. The van der Waals surface area contributed by atoms with Crippen LogP contribution in [0.3, 0.4) is 0 Å². The molecule has 0 bridgehead atoms. The molecule has 3 nitrogen and oxygen atoms in total. The minimum atomic E-state index is -0.884. The second kappa shape index (κ2) is 6.20. The molecule has 0 aliphatic rings. The van der Waals surface area contributed by atoms with Gasteiger partial charge >= 0.3 is 0 Å². The van der Waals surface area contributed by atoms with Crippen LogP contribution in [0.15, 0.2) is 24.3 Å². The van der Waals surface area contributed by atoms with Crippen LogP contribution in [0.2, 0.25) is 0 Å². The molecule has 1 atom stereocenters. The van der Waals surface area contributed by atoms with Gasteiger partial charge in [0, 0.05) is 6.54 Å². The molecule has 1 amide bonds. The third-order valence-corrected chi connectivity index (χ3v) is 3.08. The quantitative estimate of drug-likeness (QED) is 0.858. The molecular weight excluding hydrogens is 238 g/mol. The number of aryl methyl sites for hydroxylation is 1. The third kappa shape index (κ3) is 5.03. The molecule has 0 aliphatic heterocycles. The SMILES string of the molecule is Cc1ccc(C(C(=O)NCC(C)(C)O)C(C)C)cc1. The summed E-state index contributed by atoms with van der Waals surface area (Å²) in [6.45, 7) is 9.74. The van der Waals surface area contributed by atoms with Gasteiger partial charge in [0.25, 0.3) is 0 Å². The van der Waals surface area contributed by atoms with Gasteiger partial charge in [-0.15, -0.1) is 0 Å². The molecule has 0 aromatic heterocycles. The maximum Gasteiger partial charge on any atom is 0.227 e. The van der Waals surface area contributed by atoms with Crippen LogP contribution in [0.5, 0.6) is 0 Å². The van der Waals surface area contributed by atoms with Crippen LogP contribution in [-0.2, 0) is 4.79 Å². The van der Waals surface area contributed by atoms with Crippen LogP contribution >= 0.6 is 0 Å². The van der Waals surface area contributed by atoms with Crippen LogP contribution in [-0.4, -0.2) is 23.2 Å². The molecule has 1 unspecified atom stereocenters. The first-order valence-electron chi connectivity index (χ1n) is 6.77. The highest BCUT2D eigenvalue weighted by Gasteiger charge is 2.25. The molecule has 0 aliphatic carbocycles. The van der Waals surface area contributed by atoms with Gasteiger partial charge in [0.1, 0.15) is 0 Å². The number of carbonyl (C=O) groups excluding carboxylic acids is 1. The summed E-state index contributed by atoms with van der Waals surface area (Å²) in [4.78, 5) is 12.3. The number of amides is 1. The first-order chi connectivity index (χ1) is 8.70. The van der Waals surface area contributed by atoms with E-state index in [0.717, 1.165) is 5.56 Å². The lowest BCUT2D eigenvalue weighted by Crippen LogP contribution is -2.41. The topological polar surface area (TPSA) is 49.3 Å². The average molecular weight is 263 g/mol. The molecule has 0 spiro atoms. The molecule has 0 heterocycles. The van der Waals surface area contributed by atoms with E-state index < -0.39 is 5.60 Å². The Balaban J connectivity index is 2.83. The van der Waals surface area contributed by atoms with E-state index in [1.54, 1.807) is 13.8 Å². The van der Waals surface area contributed by atoms with E-state index in [1.165, 1.54) is 5.56 Å². The molecule has 0 radical (unpaired) electrons. The van der Waals surface area contributed by atoms with Gasteiger partial charge in [-0.05, 0) is 32.3 Å². The molecule has 3 heteroatoms. The lowest BCUT2D eigenvalue weighted by Gasteiger charge is -2.24. The standard InChI is InChI=1S/C16H25NO2/c1-11(2)14(13-8-6-12(3)7-9-13)15(18)17-10-16(4,5)19/h6-9,11,14,19H,10H2,1-5H3,(H,17,18). The first kappa shape index (κ1) is 15.7. The molecule has 106 valence electrons. The molecule has 1 aromatic carbocycles. The largest absolute Gasteiger partial charge is 0.389 e. The number of benzene rings is 1. The number of rotatable bonds is 5. The molecule has 19 heavy (non-hydrogen) atoms. The number of hydrogen-bond donors (Lipinski definition) is 2. The Morgan fingerprint density at radius 2 is 1.79 bits per heavy atom. The maximum absolute atomic E-state index is 12.3. The zero-order valence-electron chi connectivity index (χ0n) is 12.5.